The van der Waals surface area contributed by atoms with Gasteiger partial charge in [-0.25, -0.2) is 0 Å². The highest BCUT2D eigenvalue weighted by atomic mass is 16.5. The van der Waals surface area contributed by atoms with Crippen LogP contribution >= 0.6 is 0 Å². The van der Waals surface area contributed by atoms with E-state index in [0.29, 0.717) is 35.6 Å². The molecule has 0 aliphatic carbocycles. The molecule has 6 heteroatoms. The lowest BCUT2D eigenvalue weighted by Crippen LogP contribution is -2.07. The Hall–Kier alpha value is -3.67. The van der Waals surface area contributed by atoms with Gasteiger partial charge in [0.25, 0.3) is 0 Å². The van der Waals surface area contributed by atoms with Crippen LogP contribution < -0.4 is 14.9 Å². The molecular weight excluding hydrogens is 368 g/mol. The third kappa shape index (κ3) is 5.19. The predicted molar refractivity (Wildman–Crippen MR) is 114 cm³/mol. The number of ether oxygens (including phenoxy) is 2. The number of aromatic hydroxyl groups is 2. The Morgan fingerprint density at radius 2 is 1.66 bits per heavy atom. The second-order valence-corrected chi connectivity index (χ2v) is 6.43. The maximum Gasteiger partial charge on any atom is 0.160 e. The molecule has 0 atom stereocenters. The number of nitrogens with zero attached hydrogens (tertiary/aromatic N) is 1. The van der Waals surface area contributed by atoms with Gasteiger partial charge < -0.3 is 19.7 Å². The number of phenolic OH excluding ortho intramolecular Hbond substituents is 2. The fourth-order valence-electron chi connectivity index (χ4n) is 2.96. The van der Waals surface area contributed by atoms with Crippen molar-refractivity contribution in [1.82, 2.24) is 0 Å². The van der Waals surface area contributed by atoms with Crippen LogP contribution in [0.3, 0.4) is 0 Å². The number of aryl methyl sites for hydroxylation is 1. The monoisotopic (exact) mass is 392 g/mol. The molecule has 0 unspecified atom stereocenters. The van der Waals surface area contributed by atoms with Crippen LogP contribution in [0, 0.1) is 0 Å². The van der Waals surface area contributed by atoms with Gasteiger partial charge in [-0.15, -0.1) is 0 Å². The van der Waals surface area contributed by atoms with Crippen molar-refractivity contribution in [3.8, 4) is 23.0 Å². The zero-order valence-corrected chi connectivity index (χ0v) is 16.4. The first-order chi connectivity index (χ1) is 14.1. The quantitative estimate of drug-likeness (QED) is 0.387. The normalized spacial score (nSPS) is 11.2. The second-order valence-electron chi connectivity index (χ2n) is 6.43. The molecule has 3 rings (SSSR count). The van der Waals surface area contributed by atoms with Gasteiger partial charge in [-0.05, 0) is 54.8 Å². The van der Waals surface area contributed by atoms with Crippen molar-refractivity contribution in [3.63, 3.8) is 0 Å². The number of rotatable bonds is 8. The number of phenols is 2. The first kappa shape index (κ1) is 20.1. The van der Waals surface area contributed by atoms with Crippen LogP contribution in [0.5, 0.6) is 23.0 Å². The molecular formula is C23H24N2O4. The third-order valence-corrected chi connectivity index (χ3v) is 4.48. The summed E-state index contributed by atoms with van der Waals surface area (Å²) in [5.41, 5.74) is 6.15. The van der Waals surface area contributed by atoms with Crippen molar-refractivity contribution < 1.29 is 19.7 Å². The van der Waals surface area contributed by atoms with Gasteiger partial charge in [-0.2, -0.15) is 5.10 Å². The minimum Gasteiger partial charge on any atom is -0.508 e. The highest BCUT2D eigenvalue weighted by Gasteiger charge is 2.12. The van der Waals surface area contributed by atoms with Crippen LogP contribution in [-0.4, -0.2) is 30.1 Å². The van der Waals surface area contributed by atoms with Crippen LogP contribution in [0.4, 0.5) is 5.69 Å². The van der Waals surface area contributed by atoms with Crippen molar-refractivity contribution >= 4 is 11.4 Å². The SMILES string of the molecule is COc1ccc(CCC(=NNc2ccccc2)c2ccc(O)cc2O)cc1OC. The van der Waals surface area contributed by atoms with Crippen molar-refractivity contribution in [2.75, 3.05) is 19.6 Å². The second kappa shape index (κ2) is 9.50. The number of methoxy groups -OCH3 is 2. The molecule has 0 saturated heterocycles. The lowest BCUT2D eigenvalue weighted by atomic mass is 10.0. The molecule has 0 fully saturated rings. The van der Waals surface area contributed by atoms with Crippen molar-refractivity contribution in [2.45, 2.75) is 12.8 Å². The summed E-state index contributed by atoms with van der Waals surface area (Å²) in [7, 11) is 3.21. The third-order valence-electron chi connectivity index (χ3n) is 4.48. The summed E-state index contributed by atoms with van der Waals surface area (Å²) in [5, 5.41) is 24.4. The average molecular weight is 392 g/mol. The van der Waals surface area contributed by atoms with Crippen molar-refractivity contribution in [1.29, 1.82) is 0 Å². The molecule has 3 aromatic carbocycles. The van der Waals surface area contributed by atoms with Gasteiger partial charge in [0, 0.05) is 11.6 Å². The number of benzene rings is 3. The highest BCUT2D eigenvalue weighted by Crippen LogP contribution is 2.29. The predicted octanol–water partition coefficient (Wildman–Crippen LogP) is 4.56. The van der Waals surface area contributed by atoms with E-state index in [1.807, 2.05) is 48.5 Å². The van der Waals surface area contributed by atoms with Gasteiger partial charge >= 0.3 is 0 Å². The van der Waals surface area contributed by atoms with Crippen molar-refractivity contribution in [2.24, 2.45) is 5.10 Å². The van der Waals surface area contributed by atoms with Gasteiger partial charge in [0.15, 0.2) is 11.5 Å². The van der Waals surface area contributed by atoms with Crippen LogP contribution in [0.15, 0.2) is 71.8 Å². The molecule has 0 heterocycles. The van der Waals surface area contributed by atoms with E-state index in [0.717, 1.165) is 11.3 Å². The van der Waals surface area contributed by atoms with Crippen LogP contribution in [0.2, 0.25) is 0 Å². The molecule has 0 bridgehead atoms. The van der Waals surface area contributed by atoms with E-state index in [1.54, 1.807) is 20.3 Å². The molecule has 0 spiro atoms. The summed E-state index contributed by atoms with van der Waals surface area (Å²) < 4.78 is 10.7. The molecule has 3 N–H and O–H groups in total. The molecule has 0 aliphatic heterocycles. The van der Waals surface area contributed by atoms with Crippen LogP contribution in [-0.2, 0) is 6.42 Å². The van der Waals surface area contributed by atoms with Crippen molar-refractivity contribution in [3.05, 3.63) is 77.9 Å². The molecule has 0 radical (unpaired) electrons. The van der Waals surface area contributed by atoms with E-state index in [-0.39, 0.29) is 11.5 Å². The summed E-state index contributed by atoms with van der Waals surface area (Å²) in [6, 6.07) is 19.8. The standard InChI is InChI=1S/C23H24N2O4/c1-28-22-13-9-16(14-23(22)29-2)8-12-20(19-11-10-18(26)15-21(19)27)25-24-17-6-4-3-5-7-17/h3-7,9-11,13-15,24,26-27H,8,12H2,1-2H3. The fourth-order valence-corrected chi connectivity index (χ4v) is 2.96. The number of nitrogens with one attached hydrogen (secondary N) is 1. The molecule has 0 aromatic heterocycles. The summed E-state index contributed by atoms with van der Waals surface area (Å²) in [6.07, 6.45) is 1.24. The number of anilines is 1. The first-order valence-corrected chi connectivity index (χ1v) is 9.21. The fraction of sp³-hybridized carbons (Fsp3) is 0.174. The van der Waals surface area contributed by atoms with E-state index in [4.69, 9.17) is 9.47 Å². The van der Waals surface area contributed by atoms with Gasteiger partial charge in [0.05, 0.1) is 25.6 Å². The van der Waals surface area contributed by atoms with E-state index in [9.17, 15) is 10.2 Å². The Morgan fingerprint density at radius 3 is 2.34 bits per heavy atom. The highest BCUT2D eigenvalue weighted by molar-refractivity contribution is 6.03. The Morgan fingerprint density at radius 1 is 0.897 bits per heavy atom. The Kier molecular flexibility index (Phi) is 6.58. The van der Waals surface area contributed by atoms with Gasteiger partial charge in [-0.1, -0.05) is 24.3 Å². The van der Waals surface area contributed by atoms with E-state index in [2.05, 4.69) is 10.5 Å². The molecule has 0 saturated carbocycles. The molecule has 29 heavy (non-hydrogen) atoms. The summed E-state index contributed by atoms with van der Waals surface area (Å²) in [5.74, 6) is 1.32. The minimum atomic E-state index is -0.0223. The number of hydrazone groups is 1. The number of hydrogen-bond acceptors (Lipinski definition) is 6. The summed E-state index contributed by atoms with van der Waals surface area (Å²) in [4.78, 5) is 0. The Bertz CT molecular complexity index is 987. The number of para-hydroxylation sites is 1. The average Bonchev–Trinajstić information content (AvgIpc) is 2.75. The van der Waals surface area contributed by atoms with Crippen LogP contribution in [0.1, 0.15) is 17.5 Å². The zero-order valence-electron chi connectivity index (χ0n) is 16.4. The molecule has 150 valence electrons. The van der Waals surface area contributed by atoms with Gasteiger partial charge in [-0.3, -0.25) is 5.43 Å². The lowest BCUT2D eigenvalue weighted by molar-refractivity contribution is 0.354. The maximum atomic E-state index is 10.3. The lowest BCUT2D eigenvalue weighted by Gasteiger charge is -2.12. The Labute approximate surface area is 170 Å². The van der Waals surface area contributed by atoms with E-state index in [1.165, 1.54) is 12.1 Å². The minimum absolute atomic E-state index is 0.00140. The van der Waals surface area contributed by atoms with E-state index >= 15 is 0 Å². The summed E-state index contributed by atoms with van der Waals surface area (Å²) in [6.45, 7) is 0. The topological polar surface area (TPSA) is 83.3 Å². The van der Waals surface area contributed by atoms with Gasteiger partial charge in [0.1, 0.15) is 11.5 Å². The first-order valence-electron chi connectivity index (χ1n) is 9.21. The maximum absolute atomic E-state index is 10.3. The number of hydrogen-bond donors (Lipinski definition) is 3. The smallest absolute Gasteiger partial charge is 0.160 e. The van der Waals surface area contributed by atoms with E-state index < -0.39 is 0 Å². The molecule has 6 nitrogen and oxygen atoms in total. The largest absolute Gasteiger partial charge is 0.508 e. The zero-order chi connectivity index (χ0) is 20.6. The summed E-state index contributed by atoms with van der Waals surface area (Å²) >= 11 is 0. The van der Waals surface area contributed by atoms with Crippen LogP contribution in [0.25, 0.3) is 0 Å². The Balaban J connectivity index is 1.85. The molecule has 0 amide bonds. The molecule has 3 aromatic rings. The van der Waals surface area contributed by atoms with Gasteiger partial charge in [0.2, 0.25) is 0 Å². The molecule has 0 aliphatic rings.